The molecule has 218 valence electrons. The molecular weight excluding hydrogens is 584 g/mol. The van der Waals surface area contributed by atoms with E-state index in [9.17, 15) is 13.5 Å². The molecular formula is C33H29ClN4O4S. The van der Waals surface area contributed by atoms with Gasteiger partial charge in [-0.05, 0) is 50.1 Å². The number of rotatable bonds is 7. The largest absolute Gasteiger partial charge is 1.00 e. The Morgan fingerprint density at radius 2 is 1.72 bits per heavy atom. The predicted octanol–water partition coefficient (Wildman–Crippen LogP) is 1.17. The lowest BCUT2D eigenvalue weighted by Gasteiger charge is -2.42. The van der Waals surface area contributed by atoms with E-state index in [1.165, 1.54) is 12.1 Å². The van der Waals surface area contributed by atoms with E-state index >= 15 is 0 Å². The fourth-order valence-electron chi connectivity index (χ4n) is 5.74. The number of aliphatic hydroxyl groups is 1. The lowest BCUT2D eigenvalue weighted by Crippen LogP contribution is -3.08. The molecule has 1 aliphatic carbocycles. The molecule has 1 atom stereocenters. The Kier molecular flexibility index (Phi) is 7.62. The number of amidine groups is 1. The van der Waals surface area contributed by atoms with Crippen LogP contribution in [0.15, 0.2) is 124 Å². The minimum absolute atomic E-state index is 0. The van der Waals surface area contributed by atoms with E-state index in [4.69, 9.17) is 14.2 Å². The Balaban J connectivity index is 0.00000329. The van der Waals surface area contributed by atoms with Crippen LogP contribution < -0.4 is 17.3 Å². The third-order valence-electron chi connectivity index (χ3n) is 8.05. The molecule has 7 rings (SSSR count). The molecule has 0 bridgehead atoms. The number of aromatic nitrogens is 1. The SMILES string of the molecule is Cc1ccc(S(=O)(=O)OCC2(O)CC(C3=C4C=NC=C[NH+]4C(c4ccc5ccc(-c6ccccc6)nc5c4)=N3)C2)cc1.[Cl-]. The van der Waals surface area contributed by atoms with Gasteiger partial charge in [-0.3, -0.25) is 9.18 Å². The van der Waals surface area contributed by atoms with Crippen molar-refractivity contribution in [3.8, 4) is 11.3 Å². The van der Waals surface area contributed by atoms with Gasteiger partial charge in [0.05, 0.1) is 46.3 Å². The minimum Gasteiger partial charge on any atom is -1.00 e. The van der Waals surface area contributed by atoms with Gasteiger partial charge in [-0.15, -0.1) is 0 Å². The Hall–Kier alpha value is -3.99. The van der Waals surface area contributed by atoms with E-state index < -0.39 is 15.7 Å². The van der Waals surface area contributed by atoms with Crippen molar-refractivity contribution in [1.29, 1.82) is 0 Å². The minimum atomic E-state index is -3.97. The van der Waals surface area contributed by atoms with E-state index in [0.29, 0.717) is 12.8 Å². The van der Waals surface area contributed by atoms with Crippen LogP contribution in [0.25, 0.3) is 22.2 Å². The number of benzene rings is 3. The van der Waals surface area contributed by atoms with Crippen molar-refractivity contribution in [2.45, 2.75) is 30.3 Å². The maximum Gasteiger partial charge on any atom is 0.297 e. The molecule has 1 saturated carbocycles. The average molecular weight is 613 g/mol. The van der Waals surface area contributed by atoms with E-state index in [2.05, 4.69) is 29.3 Å². The van der Waals surface area contributed by atoms with Crippen LogP contribution in [0.4, 0.5) is 0 Å². The zero-order chi connectivity index (χ0) is 28.9. The second-order valence-corrected chi connectivity index (χ2v) is 12.7. The van der Waals surface area contributed by atoms with Crippen LogP contribution in [0.1, 0.15) is 24.0 Å². The lowest BCUT2D eigenvalue weighted by molar-refractivity contribution is -0.689. The van der Waals surface area contributed by atoms with Crippen LogP contribution in [-0.4, -0.2) is 42.8 Å². The van der Waals surface area contributed by atoms with Gasteiger partial charge in [0.2, 0.25) is 5.84 Å². The maximum absolute atomic E-state index is 12.7. The van der Waals surface area contributed by atoms with Gasteiger partial charge in [-0.1, -0.05) is 60.2 Å². The zero-order valence-corrected chi connectivity index (χ0v) is 24.9. The van der Waals surface area contributed by atoms with Gasteiger partial charge < -0.3 is 17.5 Å². The fraction of sp³-hybridized carbons (Fsp3) is 0.182. The summed E-state index contributed by atoms with van der Waals surface area (Å²) < 4.78 is 30.6. The number of aryl methyl sites for hydroxylation is 1. The molecule has 10 heteroatoms. The van der Waals surface area contributed by atoms with Gasteiger partial charge in [-0.25, -0.2) is 9.88 Å². The molecule has 3 aliphatic rings. The van der Waals surface area contributed by atoms with Crippen molar-refractivity contribution < 1.29 is 35.0 Å². The van der Waals surface area contributed by atoms with Crippen LogP contribution in [0.2, 0.25) is 0 Å². The molecule has 3 heterocycles. The van der Waals surface area contributed by atoms with Crippen molar-refractivity contribution in [3.63, 3.8) is 0 Å². The monoisotopic (exact) mass is 612 g/mol. The van der Waals surface area contributed by atoms with E-state index in [0.717, 1.165) is 55.4 Å². The fourth-order valence-corrected chi connectivity index (χ4v) is 6.72. The van der Waals surface area contributed by atoms with E-state index in [1.54, 1.807) is 18.3 Å². The van der Waals surface area contributed by atoms with Crippen LogP contribution in [0.3, 0.4) is 0 Å². The Labute approximate surface area is 256 Å². The summed E-state index contributed by atoms with van der Waals surface area (Å²) in [7, 11) is -3.97. The molecule has 1 aromatic heterocycles. The second kappa shape index (κ2) is 11.3. The standard InChI is InChI=1S/C33H28N4O4S.ClH/c1-22-7-12-27(13-8-22)42(39,40)41-21-33(38)18-26(19-33)31-30-20-34-15-16-37(30)32(36-31)25-10-9-24-11-14-28(35-29(24)17-25)23-5-3-2-4-6-23;/h2-17,20,26,38H,18-19,21H2,1H3;1H. The van der Waals surface area contributed by atoms with Crippen LogP contribution in [0, 0.1) is 12.8 Å². The molecule has 4 aromatic rings. The number of pyridine rings is 1. The van der Waals surface area contributed by atoms with E-state index in [1.807, 2.05) is 55.7 Å². The summed E-state index contributed by atoms with van der Waals surface area (Å²) in [5.74, 6) is 0.786. The summed E-state index contributed by atoms with van der Waals surface area (Å²) in [4.78, 5) is 15.4. The highest BCUT2D eigenvalue weighted by atomic mass is 35.5. The number of hydrogen-bond acceptors (Lipinski definition) is 7. The van der Waals surface area contributed by atoms with Gasteiger partial charge in [-0.2, -0.15) is 13.4 Å². The number of nitrogens with one attached hydrogen (secondary N) is 1. The highest BCUT2D eigenvalue weighted by molar-refractivity contribution is 7.86. The highest BCUT2D eigenvalue weighted by Crippen LogP contribution is 2.44. The molecule has 0 spiro atoms. The Morgan fingerprint density at radius 3 is 2.49 bits per heavy atom. The van der Waals surface area contributed by atoms with Gasteiger partial charge in [0.25, 0.3) is 10.1 Å². The normalized spacial score (nSPS) is 22.6. The van der Waals surface area contributed by atoms with Crippen LogP contribution in [-0.2, 0) is 14.3 Å². The summed E-state index contributed by atoms with van der Waals surface area (Å²) in [5, 5.41) is 12.1. The molecule has 1 unspecified atom stereocenters. The van der Waals surface area contributed by atoms with Crippen molar-refractivity contribution in [3.05, 3.63) is 120 Å². The van der Waals surface area contributed by atoms with Crippen molar-refractivity contribution >= 4 is 33.1 Å². The molecule has 3 aromatic carbocycles. The van der Waals surface area contributed by atoms with Gasteiger partial charge >= 0.3 is 0 Å². The number of halogens is 1. The topological polar surface area (TPSA) is 106 Å². The molecule has 0 amide bonds. The quantitative estimate of drug-likeness (QED) is 0.305. The summed E-state index contributed by atoms with van der Waals surface area (Å²) >= 11 is 0. The molecule has 43 heavy (non-hydrogen) atoms. The lowest BCUT2D eigenvalue weighted by atomic mass is 9.69. The van der Waals surface area contributed by atoms with Gasteiger partial charge in [0, 0.05) is 16.9 Å². The molecule has 2 aliphatic heterocycles. The smallest absolute Gasteiger partial charge is 0.297 e. The second-order valence-electron chi connectivity index (χ2n) is 11.1. The maximum atomic E-state index is 12.7. The summed E-state index contributed by atoms with van der Waals surface area (Å²) in [6.07, 6.45) is 6.21. The van der Waals surface area contributed by atoms with Crippen LogP contribution in [0.5, 0.6) is 0 Å². The first-order chi connectivity index (χ1) is 20.3. The number of aliphatic imine (C=N–C) groups is 2. The number of quaternary nitrogens is 1. The molecule has 2 N–H and O–H groups in total. The van der Waals surface area contributed by atoms with Gasteiger partial charge in [0.15, 0.2) is 5.70 Å². The molecule has 0 radical (unpaired) electrons. The predicted molar refractivity (Wildman–Crippen MR) is 161 cm³/mol. The van der Waals surface area contributed by atoms with Gasteiger partial charge in [0.1, 0.15) is 11.9 Å². The first kappa shape index (κ1) is 29.1. The molecule has 8 nitrogen and oxygen atoms in total. The third-order valence-corrected chi connectivity index (χ3v) is 9.33. The van der Waals surface area contributed by atoms with Crippen molar-refractivity contribution in [1.82, 2.24) is 4.98 Å². The summed E-state index contributed by atoms with van der Waals surface area (Å²) in [6, 6.07) is 26.8. The molecule has 0 saturated heterocycles. The summed E-state index contributed by atoms with van der Waals surface area (Å²) in [5.41, 5.74) is 5.28. The number of nitrogens with zero attached hydrogens (tertiary/aromatic N) is 3. The number of hydrogen-bond donors (Lipinski definition) is 2. The van der Waals surface area contributed by atoms with Crippen LogP contribution >= 0.6 is 0 Å². The number of fused-ring (bicyclic) bond motifs is 2. The van der Waals surface area contributed by atoms with Crippen molar-refractivity contribution in [2.75, 3.05) is 6.61 Å². The third kappa shape index (κ3) is 5.58. The first-order valence-electron chi connectivity index (χ1n) is 13.8. The van der Waals surface area contributed by atoms with Crippen molar-refractivity contribution in [2.24, 2.45) is 15.9 Å². The molecule has 1 fully saturated rings. The average Bonchev–Trinajstić information content (AvgIpc) is 3.38. The van der Waals surface area contributed by atoms with E-state index in [-0.39, 0.29) is 29.8 Å². The Morgan fingerprint density at radius 1 is 0.977 bits per heavy atom. The number of allylic oxidation sites excluding steroid dienone is 2. The summed E-state index contributed by atoms with van der Waals surface area (Å²) in [6.45, 7) is 1.58. The zero-order valence-electron chi connectivity index (χ0n) is 23.3. The highest BCUT2D eigenvalue weighted by Gasteiger charge is 2.49. The Bertz CT molecular complexity index is 1930. The first-order valence-corrected chi connectivity index (χ1v) is 15.2.